The van der Waals surface area contributed by atoms with Gasteiger partial charge in [-0.15, -0.1) is 0 Å². The molecule has 1 fully saturated rings. The van der Waals surface area contributed by atoms with E-state index in [0.717, 1.165) is 39.2 Å². The van der Waals surface area contributed by atoms with Crippen LogP contribution in [-0.2, 0) is 24.1 Å². The van der Waals surface area contributed by atoms with Crippen molar-refractivity contribution in [2.45, 2.75) is 45.3 Å². The van der Waals surface area contributed by atoms with Crippen LogP contribution in [0, 0.1) is 0 Å². The summed E-state index contributed by atoms with van der Waals surface area (Å²) in [5, 5.41) is 0. The average Bonchev–Trinajstić information content (AvgIpc) is 2.83. The van der Waals surface area contributed by atoms with E-state index in [4.69, 9.17) is 4.74 Å². The number of nitrogens with zero attached hydrogens (tertiary/aromatic N) is 3. The van der Waals surface area contributed by atoms with Gasteiger partial charge in [-0.25, -0.2) is 4.98 Å². The number of aromatic nitrogens is 2. The largest absolute Gasteiger partial charge is 0.374 e. The second-order valence-corrected chi connectivity index (χ2v) is 5.38. The summed E-state index contributed by atoms with van der Waals surface area (Å²) in [5.41, 5.74) is 2.78. The first-order valence-corrected chi connectivity index (χ1v) is 7.23. The molecule has 1 atom stereocenters. The number of ether oxygens (including phenoxy) is 1. The summed E-state index contributed by atoms with van der Waals surface area (Å²) < 4.78 is 8.22. The second-order valence-electron chi connectivity index (χ2n) is 5.38. The fourth-order valence-electron chi connectivity index (χ4n) is 3.09. The van der Waals surface area contributed by atoms with E-state index in [1.165, 1.54) is 30.7 Å². The van der Waals surface area contributed by atoms with Crippen molar-refractivity contribution in [2.24, 2.45) is 0 Å². The van der Waals surface area contributed by atoms with E-state index in [-0.39, 0.29) is 0 Å². The number of fused-ring (bicyclic) bond motifs is 1. The molecule has 1 aliphatic heterocycles. The molecule has 0 bridgehead atoms. The maximum atomic E-state index is 5.88. The third kappa shape index (κ3) is 2.45. The topological polar surface area (TPSA) is 30.3 Å². The molecule has 100 valence electrons. The molecule has 2 heterocycles. The lowest BCUT2D eigenvalue weighted by atomic mass is 10.0. The fourth-order valence-corrected chi connectivity index (χ4v) is 3.09. The number of morpholine rings is 1. The number of imidazole rings is 1. The summed E-state index contributed by atoms with van der Waals surface area (Å²) in [5.74, 6) is 0. The minimum atomic E-state index is 0.332. The Morgan fingerprint density at radius 2 is 2.28 bits per heavy atom. The van der Waals surface area contributed by atoms with Crippen molar-refractivity contribution in [1.29, 1.82) is 0 Å². The third-order valence-corrected chi connectivity index (χ3v) is 4.18. The van der Waals surface area contributed by atoms with Crippen LogP contribution >= 0.6 is 0 Å². The van der Waals surface area contributed by atoms with Gasteiger partial charge in [0, 0.05) is 18.8 Å². The molecule has 0 spiro atoms. The van der Waals surface area contributed by atoms with E-state index in [1.807, 2.05) is 6.33 Å². The van der Waals surface area contributed by atoms with Crippen molar-refractivity contribution in [3.8, 4) is 0 Å². The number of aryl methyl sites for hydroxylation is 1. The van der Waals surface area contributed by atoms with Crippen LogP contribution in [0.25, 0.3) is 0 Å². The van der Waals surface area contributed by atoms with Crippen LogP contribution in [0.2, 0.25) is 0 Å². The van der Waals surface area contributed by atoms with Gasteiger partial charge < -0.3 is 9.30 Å². The van der Waals surface area contributed by atoms with E-state index < -0.39 is 0 Å². The molecular formula is C14H23N3O. The zero-order valence-electron chi connectivity index (χ0n) is 11.3. The van der Waals surface area contributed by atoms with Crippen LogP contribution in [0.5, 0.6) is 0 Å². The maximum absolute atomic E-state index is 5.88. The van der Waals surface area contributed by atoms with Gasteiger partial charge >= 0.3 is 0 Å². The van der Waals surface area contributed by atoms with Crippen LogP contribution in [0.4, 0.5) is 0 Å². The predicted octanol–water partition coefficient (Wildman–Crippen LogP) is 1.48. The van der Waals surface area contributed by atoms with Crippen molar-refractivity contribution in [2.75, 3.05) is 26.2 Å². The quantitative estimate of drug-likeness (QED) is 0.813. The number of hydrogen-bond acceptors (Lipinski definition) is 3. The van der Waals surface area contributed by atoms with Gasteiger partial charge in [-0.05, 0) is 32.2 Å². The molecule has 0 radical (unpaired) electrons. The third-order valence-electron chi connectivity index (χ3n) is 4.18. The molecule has 3 rings (SSSR count). The summed E-state index contributed by atoms with van der Waals surface area (Å²) in [7, 11) is 0. The number of rotatable bonds is 3. The number of likely N-dealkylation sites (N-methyl/N-ethyl adjacent to an activating group) is 1. The van der Waals surface area contributed by atoms with E-state index in [2.05, 4.69) is 21.4 Å². The highest BCUT2D eigenvalue weighted by atomic mass is 16.5. The summed E-state index contributed by atoms with van der Waals surface area (Å²) >= 11 is 0. The molecular weight excluding hydrogens is 226 g/mol. The molecule has 1 aromatic heterocycles. The van der Waals surface area contributed by atoms with Gasteiger partial charge in [-0.3, -0.25) is 4.90 Å². The van der Waals surface area contributed by atoms with Crippen LogP contribution in [0.15, 0.2) is 6.33 Å². The molecule has 0 saturated carbocycles. The highest BCUT2D eigenvalue weighted by Gasteiger charge is 2.22. The minimum Gasteiger partial charge on any atom is -0.374 e. The highest BCUT2D eigenvalue weighted by Crippen LogP contribution is 2.20. The Balaban J connectivity index is 1.67. The molecule has 0 aromatic carbocycles. The first-order valence-electron chi connectivity index (χ1n) is 7.23. The Morgan fingerprint density at radius 1 is 1.39 bits per heavy atom. The summed E-state index contributed by atoms with van der Waals surface area (Å²) in [6.07, 6.45) is 7.32. The molecule has 0 amide bonds. The fraction of sp³-hybridized carbons (Fsp3) is 0.786. The van der Waals surface area contributed by atoms with Gasteiger partial charge in [-0.1, -0.05) is 6.92 Å². The molecule has 0 N–H and O–H groups in total. The first-order chi connectivity index (χ1) is 8.86. The smallest absolute Gasteiger partial charge is 0.0952 e. The summed E-state index contributed by atoms with van der Waals surface area (Å²) in [6.45, 7) is 7.33. The van der Waals surface area contributed by atoms with Gasteiger partial charge in [-0.2, -0.15) is 0 Å². The van der Waals surface area contributed by atoms with E-state index in [1.54, 1.807) is 0 Å². The van der Waals surface area contributed by atoms with Crippen molar-refractivity contribution >= 4 is 0 Å². The van der Waals surface area contributed by atoms with E-state index in [0.29, 0.717) is 6.10 Å². The minimum absolute atomic E-state index is 0.332. The molecule has 18 heavy (non-hydrogen) atoms. The molecule has 1 saturated heterocycles. The maximum Gasteiger partial charge on any atom is 0.0952 e. The Kier molecular flexibility index (Phi) is 3.66. The molecule has 2 aliphatic rings. The second kappa shape index (κ2) is 5.41. The van der Waals surface area contributed by atoms with Crippen LogP contribution in [0.1, 0.15) is 31.2 Å². The SMILES string of the molecule is CCN1CCOC(Cn2cnc3c2CCCC3)C1. The molecule has 4 heteroatoms. The normalized spacial score (nSPS) is 25.1. The van der Waals surface area contributed by atoms with Crippen molar-refractivity contribution in [3.63, 3.8) is 0 Å². The van der Waals surface area contributed by atoms with Crippen LogP contribution in [-0.4, -0.2) is 46.8 Å². The lowest BCUT2D eigenvalue weighted by molar-refractivity contribution is -0.0346. The molecule has 1 aliphatic carbocycles. The standard InChI is InChI=1S/C14H23N3O/c1-2-16-7-8-18-12(9-16)10-17-11-15-13-5-3-4-6-14(13)17/h11-12H,2-10H2,1H3. The van der Waals surface area contributed by atoms with Gasteiger partial charge in [0.15, 0.2) is 0 Å². The van der Waals surface area contributed by atoms with E-state index in [9.17, 15) is 0 Å². The Labute approximate surface area is 109 Å². The summed E-state index contributed by atoms with van der Waals surface area (Å²) in [6, 6.07) is 0. The van der Waals surface area contributed by atoms with Crippen LogP contribution < -0.4 is 0 Å². The Bertz CT molecular complexity index is 402. The molecule has 1 aromatic rings. The zero-order valence-corrected chi connectivity index (χ0v) is 11.3. The monoisotopic (exact) mass is 249 g/mol. The van der Waals surface area contributed by atoms with Gasteiger partial charge in [0.25, 0.3) is 0 Å². The number of hydrogen-bond donors (Lipinski definition) is 0. The Morgan fingerprint density at radius 3 is 3.17 bits per heavy atom. The predicted molar refractivity (Wildman–Crippen MR) is 70.7 cm³/mol. The lowest BCUT2D eigenvalue weighted by Crippen LogP contribution is -2.44. The van der Waals surface area contributed by atoms with Gasteiger partial charge in [0.1, 0.15) is 0 Å². The first kappa shape index (κ1) is 12.2. The average molecular weight is 249 g/mol. The summed E-state index contributed by atoms with van der Waals surface area (Å²) in [4.78, 5) is 7.02. The highest BCUT2D eigenvalue weighted by molar-refractivity contribution is 5.16. The van der Waals surface area contributed by atoms with Gasteiger partial charge in [0.2, 0.25) is 0 Å². The van der Waals surface area contributed by atoms with Crippen molar-refractivity contribution in [3.05, 3.63) is 17.7 Å². The van der Waals surface area contributed by atoms with Crippen molar-refractivity contribution in [1.82, 2.24) is 14.5 Å². The zero-order chi connectivity index (χ0) is 12.4. The Hall–Kier alpha value is -0.870. The van der Waals surface area contributed by atoms with Crippen molar-refractivity contribution < 1.29 is 4.74 Å². The molecule has 1 unspecified atom stereocenters. The van der Waals surface area contributed by atoms with Crippen LogP contribution in [0.3, 0.4) is 0 Å². The lowest BCUT2D eigenvalue weighted by Gasteiger charge is -2.32. The van der Waals surface area contributed by atoms with E-state index >= 15 is 0 Å². The molecule has 4 nitrogen and oxygen atoms in total. The van der Waals surface area contributed by atoms with Gasteiger partial charge in [0.05, 0.1) is 31.3 Å².